The Bertz CT molecular complexity index is 445. The molecule has 118 valence electrons. The number of oxime groups is 1. The van der Waals surface area contributed by atoms with Gasteiger partial charge < -0.3 is 25.9 Å². The van der Waals surface area contributed by atoms with Crippen LogP contribution < -0.4 is 11.1 Å². The topological polar surface area (TPSA) is 117 Å². The smallest absolute Gasteiger partial charge is 0.236 e. The van der Waals surface area contributed by atoms with E-state index in [0.717, 1.165) is 0 Å². The average Bonchev–Trinajstić information content (AvgIpc) is 2.93. The molecule has 0 radical (unpaired) electrons. The third-order valence-corrected chi connectivity index (χ3v) is 4.24. The van der Waals surface area contributed by atoms with Gasteiger partial charge in [-0.25, -0.2) is 0 Å². The monoisotopic (exact) mass is 298 g/mol. The van der Waals surface area contributed by atoms with Gasteiger partial charge in [-0.2, -0.15) is 0 Å². The van der Waals surface area contributed by atoms with E-state index in [-0.39, 0.29) is 23.7 Å². The van der Waals surface area contributed by atoms with Crippen molar-refractivity contribution in [2.45, 2.75) is 32.2 Å². The van der Waals surface area contributed by atoms with Crippen molar-refractivity contribution in [2.24, 2.45) is 16.3 Å². The number of hydrogen-bond acceptors (Lipinski definition) is 5. The first-order chi connectivity index (χ1) is 9.99. The summed E-state index contributed by atoms with van der Waals surface area (Å²) in [6.07, 6.45) is 1.53. The highest BCUT2D eigenvalue weighted by atomic mass is 16.5. The number of amides is 2. The fraction of sp³-hybridized carbons (Fsp3) is 0.769. The third kappa shape index (κ3) is 3.10. The van der Waals surface area contributed by atoms with E-state index in [1.807, 2.05) is 0 Å². The van der Waals surface area contributed by atoms with Crippen LogP contribution in [0.4, 0.5) is 0 Å². The van der Waals surface area contributed by atoms with Crippen molar-refractivity contribution in [3.05, 3.63) is 0 Å². The Balaban J connectivity index is 2.11. The zero-order chi connectivity index (χ0) is 15.5. The number of nitrogens with zero attached hydrogens (tertiary/aromatic N) is 2. The summed E-state index contributed by atoms with van der Waals surface area (Å²) < 4.78 is 5.29. The molecule has 21 heavy (non-hydrogen) atoms. The minimum atomic E-state index is -0.988. The van der Waals surface area contributed by atoms with E-state index in [1.165, 1.54) is 6.92 Å². The fourth-order valence-corrected chi connectivity index (χ4v) is 3.05. The van der Waals surface area contributed by atoms with Gasteiger partial charge in [-0.05, 0) is 19.3 Å². The van der Waals surface area contributed by atoms with Crippen LogP contribution in [0.25, 0.3) is 0 Å². The van der Waals surface area contributed by atoms with Crippen molar-refractivity contribution in [2.75, 3.05) is 26.3 Å². The molecule has 0 saturated carbocycles. The van der Waals surface area contributed by atoms with Crippen molar-refractivity contribution in [1.82, 2.24) is 10.2 Å². The molecule has 8 heteroatoms. The number of carbonyl (C=O) groups is 2. The molecule has 0 aliphatic carbocycles. The second-order valence-electron chi connectivity index (χ2n) is 5.62. The first kappa shape index (κ1) is 15.6. The highest BCUT2D eigenvalue weighted by molar-refractivity contribution is 6.07. The van der Waals surface area contributed by atoms with Crippen LogP contribution in [0.15, 0.2) is 5.16 Å². The van der Waals surface area contributed by atoms with Gasteiger partial charge in [0.15, 0.2) is 5.84 Å². The van der Waals surface area contributed by atoms with Crippen molar-refractivity contribution < 1.29 is 19.5 Å². The predicted molar refractivity (Wildman–Crippen MR) is 74.7 cm³/mol. The van der Waals surface area contributed by atoms with Gasteiger partial charge in [0.1, 0.15) is 5.41 Å². The van der Waals surface area contributed by atoms with E-state index in [1.54, 1.807) is 4.90 Å². The van der Waals surface area contributed by atoms with E-state index in [0.29, 0.717) is 45.6 Å². The normalized spacial score (nSPS) is 25.7. The number of likely N-dealkylation sites (tertiary alicyclic amines) is 1. The lowest BCUT2D eigenvalue weighted by Gasteiger charge is -2.37. The van der Waals surface area contributed by atoms with E-state index in [9.17, 15) is 9.59 Å². The van der Waals surface area contributed by atoms with Crippen molar-refractivity contribution in [3.63, 3.8) is 0 Å². The quantitative estimate of drug-likeness (QED) is 0.275. The number of ether oxygens (including phenoxy) is 1. The molecule has 0 spiro atoms. The highest BCUT2D eigenvalue weighted by Crippen LogP contribution is 2.34. The second kappa shape index (κ2) is 6.30. The molecular formula is C13H22N4O4. The molecule has 0 aromatic rings. The second-order valence-corrected chi connectivity index (χ2v) is 5.62. The van der Waals surface area contributed by atoms with Crippen LogP contribution in [0.3, 0.4) is 0 Å². The average molecular weight is 298 g/mol. The summed E-state index contributed by atoms with van der Waals surface area (Å²) in [5, 5.41) is 14.9. The predicted octanol–water partition coefficient (Wildman–Crippen LogP) is -0.733. The van der Waals surface area contributed by atoms with Crippen molar-refractivity contribution in [1.29, 1.82) is 0 Å². The Kier molecular flexibility index (Phi) is 4.66. The number of nitrogens with one attached hydrogen (secondary N) is 1. The lowest BCUT2D eigenvalue weighted by atomic mass is 9.77. The van der Waals surface area contributed by atoms with Crippen LogP contribution in [0, 0.1) is 5.41 Å². The number of nitrogens with two attached hydrogens (primary N) is 1. The summed E-state index contributed by atoms with van der Waals surface area (Å²) in [7, 11) is 0. The molecule has 0 aromatic heterocycles. The molecule has 2 rings (SSSR count). The van der Waals surface area contributed by atoms with Crippen LogP contribution in [0.5, 0.6) is 0 Å². The zero-order valence-electron chi connectivity index (χ0n) is 12.2. The molecule has 2 saturated heterocycles. The first-order valence-electron chi connectivity index (χ1n) is 7.12. The fourth-order valence-electron chi connectivity index (χ4n) is 3.05. The van der Waals surface area contributed by atoms with E-state index < -0.39 is 5.41 Å². The summed E-state index contributed by atoms with van der Waals surface area (Å²) >= 11 is 0. The van der Waals surface area contributed by atoms with Gasteiger partial charge >= 0.3 is 0 Å². The Morgan fingerprint density at radius 1 is 1.43 bits per heavy atom. The minimum Gasteiger partial charge on any atom is -0.409 e. The highest BCUT2D eigenvalue weighted by Gasteiger charge is 2.47. The maximum absolute atomic E-state index is 12.8. The molecule has 1 unspecified atom stereocenters. The molecule has 0 aromatic carbocycles. The Morgan fingerprint density at radius 2 is 2.10 bits per heavy atom. The Morgan fingerprint density at radius 3 is 2.67 bits per heavy atom. The largest absolute Gasteiger partial charge is 0.409 e. The molecule has 2 heterocycles. The molecule has 2 fully saturated rings. The molecule has 2 aliphatic rings. The number of amidine groups is 1. The number of carbonyl (C=O) groups excluding carboxylic acids is 2. The lowest BCUT2D eigenvalue weighted by molar-refractivity contribution is -0.141. The molecule has 0 bridgehead atoms. The zero-order valence-corrected chi connectivity index (χ0v) is 12.2. The summed E-state index contributed by atoms with van der Waals surface area (Å²) in [5.74, 6) is -0.306. The van der Waals surface area contributed by atoms with E-state index >= 15 is 0 Å². The summed E-state index contributed by atoms with van der Waals surface area (Å²) in [4.78, 5) is 25.6. The molecule has 2 amide bonds. The van der Waals surface area contributed by atoms with Gasteiger partial charge in [0.05, 0.1) is 0 Å². The van der Waals surface area contributed by atoms with Crippen molar-refractivity contribution >= 4 is 17.6 Å². The van der Waals surface area contributed by atoms with Gasteiger partial charge in [0, 0.05) is 39.3 Å². The standard InChI is InChI=1S/C13H22N4O4/c1-9(18)15-10-2-5-17(8-10)12(19)13(11(14)16-20)3-6-21-7-4-13/h10,20H,2-8H2,1H3,(H2,14,16)(H,15,18). The molecule has 1 atom stereocenters. The van der Waals surface area contributed by atoms with Gasteiger partial charge in [0.25, 0.3) is 0 Å². The van der Waals surface area contributed by atoms with Gasteiger partial charge in [0.2, 0.25) is 11.8 Å². The summed E-state index contributed by atoms with van der Waals surface area (Å²) in [6, 6.07) is -0.0318. The molecule has 4 N–H and O–H groups in total. The van der Waals surface area contributed by atoms with Gasteiger partial charge in [-0.1, -0.05) is 5.16 Å². The summed E-state index contributed by atoms with van der Waals surface area (Å²) in [6.45, 7) is 3.29. The third-order valence-electron chi connectivity index (χ3n) is 4.24. The maximum atomic E-state index is 12.8. The first-order valence-corrected chi connectivity index (χ1v) is 7.12. The van der Waals surface area contributed by atoms with Gasteiger partial charge in [-0.3, -0.25) is 9.59 Å². The Hall–Kier alpha value is -1.83. The van der Waals surface area contributed by atoms with Crippen LogP contribution in [-0.4, -0.2) is 60.1 Å². The van der Waals surface area contributed by atoms with Crippen LogP contribution in [-0.2, 0) is 14.3 Å². The van der Waals surface area contributed by atoms with Crippen molar-refractivity contribution in [3.8, 4) is 0 Å². The number of rotatable bonds is 3. The maximum Gasteiger partial charge on any atom is 0.236 e. The lowest BCUT2D eigenvalue weighted by Crippen LogP contribution is -2.54. The minimum absolute atomic E-state index is 0.0318. The van der Waals surface area contributed by atoms with Crippen LogP contribution in [0.2, 0.25) is 0 Å². The van der Waals surface area contributed by atoms with Crippen LogP contribution in [0.1, 0.15) is 26.2 Å². The SMILES string of the molecule is CC(=O)NC1CCN(C(=O)C2(C(N)=NO)CCOCC2)C1. The molecule has 2 aliphatic heterocycles. The number of hydrogen-bond donors (Lipinski definition) is 3. The summed E-state index contributed by atoms with van der Waals surface area (Å²) in [5.41, 5.74) is 4.81. The molecular weight excluding hydrogens is 276 g/mol. The van der Waals surface area contributed by atoms with E-state index in [4.69, 9.17) is 15.7 Å². The van der Waals surface area contributed by atoms with Crippen LogP contribution >= 0.6 is 0 Å². The molecule has 8 nitrogen and oxygen atoms in total. The van der Waals surface area contributed by atoms with E-state index in [2.05, 4.69) is 10.5 Å². The van der Waals surface area contributed by atoms with Gasteiger partial charge in [-0.15, -0.1) is 0 Å². The Labute approximate surface area is 123 Å².